The second-order valence-corrected chi connectivity index (χ2v) is 11.9. The van der Waals surface area contributed by atoms with Crippen molar-refractivity contribution in [3.05, 3.63) is 112 Å². The number of ether oxygens (including phenoxy) is 1. The zero-order valence-electron chi connectivity index (χ0n) is 23.7. The first kappa shape index (κ1) is 28.9. The number of allylic oxidation sites excluding steroid dienone is 1. The Labute approximate surface area is 252 Å². The lowest BCUT2D eigenvalue weighted by atomic mass is 9.95. The van der Waals surface area contributed by atoms with Crippen LogP contribution in [0.3, 0.4) is 0 Å². The molecule has 0 radical (unpaired) electrons. The molecule has 5 rings (SSSR count). The number of hydrogen-bond acceptors (Lipinski definition) is 6. The Morgan fingerprint density at radius 2 is 1.78 bits per heavy atom. The van der Waals surface area contributed by atoms with Gasteiger partial charge in [-0.3, -0.25) is 9.36 Å². The van der Waals surface area contributed by atoms with Crippen molar-refractivity contribution in [2.75, 3.05) is 25.6 Å². The number of aromatic nitrogens is 2. The molecule has 0 amide bonds. The molecule has 0 bridgehead atoms. The summed E-state index contributed by atoms with van der Waals surface area (Å²) in [7, 11) is 3.93. The van der Waals surface area contributed by atoms with E-state index in [1.165, 1.54) is 11.3 Å². The summed E-state index contributed by atoms with van der Waals surface area (Å²) < 4.78 is 9.61. The molecule has 0 spiro atoms. The number of hydrogen-bond donors (Lipinski definition) is 0. The summed E-state index contributed by atoms with van der Waals surface area (Å²) >= 11 is 13.7. The van der Waals surface area contributed by atoms with E-state index in [9.17, 15) is 9.59 Å². The van der Waals surface area contributed by atoms with E-state index in [1.54, 1.807) is 24.5 Å². The third kappa shape index (κ3) is 5.27. The number of aryl methyl sites for hydroxylation is 1. The Bertz CT molecular complexity index is 1880. The standard InChI is InChI=1S/C31H30Cl2N4O3S/c1-7-40-30(39)27-18(3)34-31-37(28(27)20-8-10-22(11-9-20)35(5)6)29(38)26(41-31)15-21-14-17(2)36(19(21)4)23-12-13-24(32)25(33)16-23/h8-16,28H,7H2,1-6H3/b26-15+. The summed E-state index contributed by atoms with van der Waals surface area (Å²) in [6, 6.07) is 14.7. The number of benzene rings is 2. The number of nitrogens with zero attached hydrogens (tertiary/aromatic N) is 4. The number of halogens is 2. The molecule has 212 valence electrons. The van der Waals surface area contributed by atoms with Crippen LogP contribution in [-0.2, 0) is 9.53 Å². The molecule has 0 saturated carbocycles. The van der Waals surface area contributed by atoms with E-state index in [1.807, 2.05) is 81.4 Å². The number of carbonyl (C=O) groups excluding carboxylic acids is 1. The Hall–Kier alpha value is -3.59. The zero-order chi connectivity index (χ0) is 29.6. The summed E-state index contributed by atoms with van der Waals surface area (Å²) in [5.74, 6) is -0.477. The normalized spacial score (nSPS) is 15.1. The van der Waals surface area contributed by atoms with Crippen molar-refractivity contribution in [3.8, 4) is 5.69 Å². The minimum atomic E-state index is -0.660. The van der Waals surface area contributed by atoms with E-state index in [0.29, 0.717) is 30.6 Å². The molecule has 0 N–H and O–H groups in total. The van der Waals surface area contributed by atoms with Crippen LogP contribution in [0.4, 0.5) is 5.69 Å². The zero-order valence-corrected chi connectivity index (χ0v) is 26.0. The van der Waals surface area contributed by atoms with Crippen molar-refractivity contribution in [1.29, 1.82) is 0 Å². The van der Waals surface area contributed by atoms with Gasteiger partial charge in [0.05, 0.1) is 38.5 Å². The molecule has 7 nitrogen and oxygen atoms in total. The van der Waals surface area contributed by atoms with Crippen molar-refractivity contribution in [2.45, 2.75) is 33.7 Å². The fourth-order valence-corrected chi connectivity index (χ4v) is 6.49. The average molecular weight is 610 g/mol. The van der Waals surface area contributed by atoms with Gasteiger partial charge in [-0.25, -0.2) is 9.79 Å². The summed E-state index contributed by atoms with van der Waals surface area (Å²) in [6.07, 6.45) is 1.88. The highest BCUT2D eigenvalue weighted by Gasteiger charge is 2.33. The minimum absolute atomic E-state index is 0.218. The topological polar surface area (TPSA) is 68.8 Å². The van der Waals surface area contributed by atoms with Gasteiger partial charge in [0, 0.05) is 36.9 Å². The van der Waals surface area contributed by atoms with Gasteiger partial charge in [-0.2, -0.15) is 0 Å². The average Bonchev–Trinajstić information content (AvgIpc) is 3.38. The molecular formula is C31H30Cl2N4O3S. The first-order valence-corrected chi connectivity index (χ1v) is 14.7. The molecular weight excluding hydrogens is 579 g/mol. The number of carbonyl (C=O) groups is 1. The van der Waals surface area contributed by atoms with Crippen molar-refractivity contribution in [1.82, 2.24) is 9.13 Å². The fraction of sp³-hybridized carbons (Fsp3) is 0.258. The predicted octanol–water partition coefficient (Wildman–Crippen LogP) is 5.58. The van der Waals surface area contributed by atoms with Crippen LogP contribution in [0.2, 0.25) is 10.0 Å². The van der Waals surface area contributed by atoms with Gasteiger partial charge >= 0.3 is 5.97 Å². The second kappa shape index (κ2) is 11.4. The van der Waals surface area contributed by atoms with Gasteiger partial charge in [0.15, 0.2) is 4.80 Å². The Kier molecular flexibility index (Phi) is 8.01. The quantitative estimate of drug-likeness (QED) is 0.268. The summed E-state index contributed by atoms with van der Waals surface area (Å²) in [5, 5.41) is 0.959. The Morgan fingerprint density at radius 3 is 2.41 bits per heavy atom. The van der Waals surface area contributed by atoms with Crippen molar-refractivity contribution in [2.24, 2.45) is 4.99 Å². The number of esters is 1. The molecule has 1 aliphatic heterocycles. The highest BCUT2D eigenvalue weighted by molar-refractivity contribution is 7.07. The minimum Gasteiger partial charge on any atom is -0.463 e. The molecule has 3 heterocycles. The molecule has 10 heteroatoms. The number of thiazole rings is 1. The van der Waals surface area contributed by atoms with E-state index in [-0.39, 0.29) is 12.2 Å². The number of fused-ring (bicyclic) bond motifs is 1. The van der Waals surface area contributed by atoms with Crippen LogP contribution in [0.25, 0.3) is 11.8 Å². The Morgan fingerprint density at radius 1 is 1.07 bits per heavy atom. The number of anilines is 1. The van der Waals surface area contributed by atoms with E-state index in [0.717, 1.165) is 33.9 Å². The summed E-state index contributed by atoms with van der Waals surface area (Å²) in [6.45, 7) is 7.77. The van der Waals surface area contributed by atoms with Crippen LogP contribution in [-0.4, -0.2) is 35.8 Å². The Balaban J connectivity index is 1.68. The van der Waals surface area contributed by atoms with E-state index < -0.39 is 12.0 Å². The molecule has 1 aliphatic rings. The lowest BCUT2D eigenvalue weighted by Gasteiger charge is -2.25. The SMILES string of the molecule is CCOC(=O)C1=C(C)N=c2s/c(=C/c3cc(C)n(-c4ccc(Cl)c(Cl)c4)c3C)c(=O)n2C1c1ccc(N(C)C)cc1. The largest absolute Gasteiger partial charge is 0.463 e. The third-order valence-corrected chi connectivity index (χ3v) is 8.88. The highest BCUT2D eigenvalue weighted by atomic mass is 35.5. The molecule has 0 saturated heterocycles. The molecule has 1 unspecified atom stereocenters. The van der Waals surface area contributed by atoms with Gasteiger partial charge in [0.2, 0.25) is 0 Å². The van der Waals surface area contributed by atoms with Crippen molar-refractivity contribution >= 4 is 52.3 Å². The first-order chi connectivity index (χ1) is 19.5. The molecule has 2 aromatic carbocycles. The van der Waals surface area contributed by atoms with Crippen LogP contribution in [0.5, 0.6) is 0 Å². The van der Waals surface area contributed by atoms with Crippen molar-refractivity contribution in [3.63, 3.8) is 0 Å². The van der Waals surface area contributed by atoms with Crippen molar-refractivity contribution < 1.29 is 9.53 Å². The molecule has 41 heavy (non-hydrogen) atoms. The van der Waals surface area contributed by atoms with Gasteiger partial charge < -0.3 is 14.2 Å². The van der Waals surface area contributed by atoms with E-state index >= 15 is 0 Å². The maximum Gasteiger partial charge on any atom is 0.338 e. The van der Waals surface area contributed by atoms with Gasteiger partial charge in [0.1, 0.15) is 0 Å². The van der Waals surface area contributed by atoms with Crippen LogP contribution in [0.1, 0.15) is 42.4 Å². The smallest absolute Gasteiger partial charge is 0.338 e. The van der Waals surface area contributed by atoms with Crippen LogP contribution in [0.15, 0.2) is 69.6 Å². The van der Waals surface area contributed by atoms with Gasteiger partial charge in [-0.15, -0.1) is 0 Å². The van der Waals surface area contributed by atoms with Gasteiger partial charge in [-0.1, -0.05) is 46.7 Å². The lowest BCUT2D eigenvalue weighted by molar-refractivity contribution is -0.139. The highest BCUT2D eigenvalue weighted by Crippen LogP contribution is 2.32. The maximum absolute atomic E-state index is 14.0. The predicted molar refractivity (Wildman–Crippen MR) is 166 cm³/mol. The molecule has 0 aliphatic carbocycles. The monoisotopic (exact) mass is 608 g/mol. The van der Waals surface area contributed by atoms with Crippen LogP contribution in [0, 0.1) is 13.8 Å². The van der Waals surface area contributed by atoms with Gasteiger partial charge in [-0.05, 0) is 81.3 Å². The maximum atomic E-state index is 14.0. The lowest BCUT2D eigenvalue weighted by Crippen LogP contribution is -2.40. The number of rotatable bonds is 6. The van der Waals surface area contributed by atoms with Gasteiger partial charge in [0.25, 0.3) is 5.56 Å². The molecule has 2 aromatic heterocycles. The summed E-state index contributed by atoms with van der Waals surface area (Å²) in [4.78, 5) is 34.4. The molecule has 0 fully saturated rings. The fourth-order valence-electron chi connectivity index (χ4n) is 5.16. The molecule has 4 aromatic rings. The second-order valence-electron chi connectivity index (χ2n) is 10.0. The van der Waals surface area contributed by atoms with Crippen LogP contribution >= 0.6 is 34.5 Å². The van der Waals surface area contributed by atoms with Crippen LogP contribution < -0.4 is 19.8 Å². The third-order valence-electron chi connectivity index (χ3n) is 7.16. The molecule has 1 atom stereocenters. The first-order valence-electron chi connectivity index (χ1n) is 13.1. The van der Waals surface area contributed by atoms with E-state index in [2.05, 4.69) is 9.56 Å². The van der Waals surface area contributed by atoms with E-state index in [4.69, 9.17) is 27.9 Å². The summed E-state index contributed by atoms with van der Waals surface area (Å²) in [5.41, 5.74) is 6.21.